The van der Waals surface area contributed by atoms with Crippen molar-refractivity contribution in [1.29, 1.82) is 0 Å². The highest BCUT2D eigenvalue weighted by atomic mass is 35.5. The zero-order chi connectivity index (χ0) is 12.8. The second-order valence-electron chi connectivity index (χ2n) is 3.29. The fraction of sp³-hybridized carbons (Fsp3) is 0.182. The van der Waals surface area contributed by atoms with Crippen molar-refractivity contribution < 1.29 is 4.79 Å². The van der Waals surface area contributed by atoms with Gasteiger partial charge in [0.25, 0.3) is 5.91 Å². The van der Waals surface area contributed by atoms with Gasteiger partial charge in [-0.1, -0.05) is 23.7 Å². The first-order chi connectivity index (χ1) is 8.08. The van der Waals surface area contributed by atoms with Crippen molar-refractivity contribution in [2.45, 2.75) is 13.8 Å². The Balaban J connectivity index is 2.77. The van der Waals surface area contributed by atoms with Gasteiger partial charge in [0.2, 0.25) is 0 Å². The van der Waals surface area contributed by atoms with E-state index in [2.05, 4.69) is 10.1 Å². The second kappa shape index (κ2) is 6.66. The van der Waals surface area contributed by atoms with Gasteiger partial charge in [-0.05, 0) is 43.5 Å². The fourth-order valence-electron chi connectivity index (χ4n) is 1.16. The van der Waals surface area contributed by atoms with Crippen LogP contribution in [0.4, 0.5) is 5.69 Å². The molecule has 0 fully saturated rings. The highest BCUT2D eigenvalue weighted by Crippen LogP contribution is 2.21. The van der Waals surface area contributed by atoms with E-state index < -0.39 is 0 Å². The van der Waals surface area contributed by atoms with Crippen LogP contribution in [0.1, 0.15) is 12.5 Å². The van der Waals surface area contributed by atoms with Gasteiger partial charge in [-0.15, -0.1) is 0 Å². The maximum Gasteiger partial charge on any atom is 0.263 e. The summed E-state index contributed by atoms with van der Waals surface area (Å²) in [6.07, 6.45) is 1.68. The minimum atomic E-state index is -0.227. The lowest BCUT2D eigenvalue weighted by Crippen LogP contribution is -2.18. The lowest BCUT2D eigenvalue weighted by Gasteiger charge is -2.08. The van der Waals surface area contributed by atoms with Gasteiger partial charge < -0.3 is 5.32 Å². The highest BCUT2D eigenvalue weighted by molar-refractivity contribution is 8.02. The van der Waals surface area contributed by atoms with Crippen LogP contribution in [0.5, 0.6) is 0 Å². The summed E-state index contributed by atoms with van der Waals surface area (Å²) in [6.45, 7) is 3.67. The van der Waals surface area contributed by atoms with Crippen LogP contribution >= 0.6 is 23.5 Å². The highest BCUT2D eigenvalue weighted by Gasteiger charge is 2.09. The standard InChI is InChI=1S/C11H14ClN3OS/c1-3-10(17-15-13)11(16)14-8-5-4-7(2)9(12)6-8/h3-6,15H,13H2,1-2H3,(H,14,16)/b10-3+. The molecule has 0 aliphatic rings. The Morgan fingerprint density at radius 2 is 2.24 bits per heavy atom. The quantitative estimate of drug-likeness (QED) is 0.341. The number of hydrogen-bond acceptors (Lipinski definition) is 4. The number of aryl methyl sites for hydroxylation is 1. The molecule has 0 heterocycles. The first-order valence-corrected chi connectivity index (χ1v) is 6.14. The predicted octanol–water partition coefficient (Wildman–Crippen LogP) is 2.60. The fourth-order valence-corrected chi connectivity index (χ4v) is 1.73. The molecule has 92 valence electrons. The molecule has 4 N–H and O–H groups in total. The molecule has 0 bridgehead atoms. The normalized spacial score (nSPS) is 11.4. The minimum absolute atomic E-state index is 0.227. The van der Waals surface area contributed by atoms with Crippen LogP contribution < -0.4 is 16.0 Å². The summed E-state index contributed by atoms with van der Waals surface area (Å²) in [4.78, 5) is 14.6. The molecule has 1 aromatic rings. The third-order valence-electron chi connectivity index (χ3n) is 2.08. The van der Waals surface area contributed by atoms with Gasteiger partial charge >= 0.3 is 0 Å². The van der Waals surface area contributed by atoms with Gasteiger partial charge in [-0.2, -0.15) is 4.83 Å². The molecule has 1 rings (SSSR count). The number of allylic oxidation sites excluding steroid dienone is 1. The number of halogens is 1. The van der Waals surface area contributed by atoms with E-state index in [4.69, 9.17) is 17.4 Å². The lowest BCUT2D eigenvalue weighted by atomic mass is 10.2. The molecule has 0 atom stereocenters. The maximum atomic E-state index is 11.8. The van der Waals surface area contributed by atoms with E-state index in [1.807, 2.05) is 13.0 Å². The van der Waals surface area contributed by atoms with Gasteiger partial charge in [0, 0.05) is 10.7 Å². The molecule has 1 aromatic carbocycles. The number of hydrazine groups is 1. The number of carbonyl (C=O) groups is 1. The van der Waals surface area contributed by atoms with E-state index >= 15 is 0 Å². The van der Waals surface area contributed by atoms with Crippen LogP contribution in [0.25, 0.3) is 0 Å². The second-order valence-corrected chi connectivity index (χ2v) is 4.58. The third-order valence-corrected chi connectivity index (χ3v) is 3.25. The number of nitrogens with one attached hydrogen (secondary N) is 2. The summed E-state index contributed by atoms with van der Waals surface area (Å²) in [7, 11) is 0. The Labute approximate surface area is 110 Å². The van der Waals surface area contributed by atoms with Crippen LogP contribution in [-0.4, -0.2) is 5.91 Å². The molecule has 0 aliphatic heterocycles. The van der Waals surface area contributed by atoms with Crippen molar-refractivity contribution in [3.8, 4) is 0 Å². The number of amides is 1. The number of carbonyl (C=O) groups excluding carboxylic acids is 1. The van der Waals surface area contributed by atoms with E-state index in [1.54, 1.807) is 25.1 Å². The Bertz CT molecular complexity index is 448. The van der Waals surface area contributed by atoms with Crippen molar-refractivity contribution >= 4 is 35.1 Å². The molecule has 0 saturated heterocycles. The number of nitrogens with two attached hydrogens (primary N) is 1. The molecule has 0 aromatic heterocycles. The molecule has 0 saturated carbocycles. The first-order valence-electron chi connectivity index (χ1n) is 4.94. The number of hydrogen-bond donors (Lipinski definition) is 3. The Morgan fingerprint density at radius 3 is 2.76 bits per heavy atom. The van der Waals surface area contributed by atoms with Crippen LogP contribution in [0, 0.1) is 6.92 Å². The van der Waals surface area contributed by atoms with E-state index in [1.165, 1.54) is 0 Å². The Kier molecular flexibility index (Phi) is 5.50. The van der Waals surface area contributed by atoms with Gasteiger partial charge in [-0.3, -0.25) is 10.6 Å². The Morgan fingerprint density at radius 1 is 1.53 bits per heavy atom. The maximum absolute atomic E-state index is 11.8. The van der Waals surface area contributed by atoms with Crippen LogP contribution in [0.15, 0.2) is 29.2 Å². The molecule has 4 nitrogen and oxygen atoms in total. The number of anilines is 1. The van der Waals surface area contributed by atoms with E-state index in [0.29, 0.717) is 15.6 Å². The van der Waals surface area contributed by atoms with Crippen LogP contribution in [-0.2, 0) is 4.79 Å². The third kappa shape index (κ3) is 4.05. The van der Waals surface area contributed by atoms with Gasteiger partial charge in [0.05, 0.1) is 4.91 Å². The molecule has 0 unspecified atom stereocenters. The van der Waals surface area contributed by atoms with Gasteiger partial charge in [0.15, 0.2) is 0 Å². The predicted molar refractivity (Wildman–Crippen MR) is 73.5 cm³/mol. The molecule has 1 amide bonds. The average molecular weight is 272 g/mol. The summed E-state index contributed by atoms with van der Waals surface area (Å²) in [5.41, 5.74) is 1.62. The smallest absolute Gasteiger partial charge is 0.263 e. The molecule has 17 heavy (non-hydrogen) atoms. The summed E-state index contributed by atoms with van der Waals surface area (Å²) in [6, 6.07) is 5.36. The lowest BCUT2D eigenvalue weighted by molar-refractivity contribution is -0.112. The minimum Gasteiger partial charge on any atom is -0.321 e. The van der Waals surface area contributed by atoms with Crippen LogP contribution in [0.2, 0.25) is 5.02 Å². The van der Waals surface area contributed by atoms with Crippen LogP contribution in [0.3, 0.4) is 0 Å². The average Bonchev–Trinajstić information content (AvgIpc) is 2.30. The molecule has 0 radical (unpaired) electrons. The molecular weight excluding hydrogens is 258 g/mol. The monoisotopic (exact) mass is 271 g/mol. The zero-order valence-electron chi connectivity index (χ0n) is 9.58. The molecule has 6 heteroatoms. The summed E-state index contributed by atoms with van der Waals surface area (Å²) >= 11 is 7.02. The van der Waals surface area contributed by atoms with Crippen molar-refractivity contribution in [2.75, 3.05) is 5.32 Å². The largest absolute Gasteiger partial charge is 0.321 e. The van der Waals surface area contributed by atoms with Crippen molar-refractivity contribution in [3.63, 3.8) is 0 Å². The number of benzene rings is 1. The zero-order valence-corrected chi connectivity index (χ0v) is 11.2. The van der Waals surface area contributed by atoms with E-state index in [-0.39, 0.29) is 5.91 Å². The first kappa shape index (κ1) is 14.1. The van der Waals surface area contributed by atoms with E-state index in [0.717, 1.165) is 17.5 Å². The van der Waals surface area contributed by atoms with E-state index in [9.17, 15) is 4.79 Å². The van der Waals surface area contributed by atoms with Crippen molar-refractivity contribution in [3.05, 3.63) is 39.8 Å². The summed E-state index contributed by atoms with van der Waals surface area (Å²) in [5, 5.41) is 3.36. The summed E-state index contributed by atoms with van der Waals surface area (Å²) < 4.78 is 0. The molecule has 0 aliphatic carbocycles. The SMILES string of the molecule is C/C=C(/SNN)C(=O)Nc1ccc(C)c(Cl)c1. The van der Waals surface area contributed by atoms with Gasteiger partial charge in [0.1, 0.15) is 0 Å². The molecular formula is C11H14ClN3OS. The van der Waals surface area contributed by atoms with Crippen molar-refractivity contribution in [2.24, 2.45) is 5.84 Å². The van der Waals surface area contributed by atoms with Crippen molar-refractivity contribution in [1.82, 2.24) is 4.83 Å². The number of rotatable bonds is 4. The van der Waals surface area contributed by atoms with Gasteiger partial charge in [-0.25, -0.2) is 0 Å². The Hall–Kier alpha value is -1.01. The molecule has 0 spiro atoms. The topological polar surface area (TPSA) is 67.1 Å². The summed E-state index contributed by atoms with van der Waals surface area (Å²) in [5.74, 6) is 4.92.